The predicted octanol–water partition coefficient (Wildman–Crippen LogP) is 4.49. The Morgan fingerprint density at radius 2 is 1.65 bits per heavy atom. The lowest BCUT2D eigenvalue weighted by molar-refractivity contribution is 0.102. The van der Waals surface area contributed by atoms with Gasteiger partial charge in [-0.3, -0.25) is 4.79 Å². The molecule has 0 saturated carbocycles. The minimum Gasteiger partial charge on any atom is -0.322 e. The maximum Gasteiger partial charge on any atom is 0.255 e. The highest BCUT2D eigenvalue weighted by atomic mass is 32.2. The van der Waals surface area contributed by atoms with Crippen molar-refractivity contribution < 1.29 is 13.2 Å². The van der Waals surface area contributed by atoms with Crippen LogP contribution in [0.4, 0.5) is 5.69 Å². The Balaban J connectivity index is 1.49. The lowest BCUT2D eigenvalue weighted by atomic mass is 10.1. The van der Waals surface area contributed by atoms with Crippen LogP contribution in [0.25, 0.3) is 11.3 Å². The first-order valence-corrected chi connectivity index (χ1v) is 12.2. The van der Waals surface area contributed by atoms with E-state index in [1.807, 2.05) is 55.5 Å². The SMILES string of the molecule is Cc1nccc(-c2ccc(NC(=O)c3cc(S(=O)(=O)NCc4ccccc4)ccc3C)cc2)n1. The van der Waals surface area contributed by atoms with Crippen LogP contribution in [0.2, 0.25) is 0 Å². The lowest BCUT2D eigenvalue weighted by Gasteiger charge is -2.12. The minimum absolute atomic E-state index is 0.0358. The molecule has 4 aromatic rings. The number of amides is 1. The molecule has 34 heavy (non-hydrogen) atoms. The summed E-state index contributed by atoms with van der Waals surface area (Å²) in [5.74, 6) is 0.293. The second-order valence-electron chi connectivity index (χ2n) is 7.81. The largest absolute Gasteiger partial charge is 0.322 e. The van der Waals surface area contributed by atoms with E-state index < -0.39 is 10.0 Å². The number of sulfonamides is 1. The number of anilines is 1. The monoisotopic (exact) mass is 472 g/mol. The van der Waals surface area contributed by atoms with Crippen molar-refractivity contribution in [3.63, 3.8) is 0 Å². The van der Waals surface area contributed by atoms with Gasteiger partial charge in [-0.05, 0) is 55.3 Å². The van der Waals surface area contributed by atoms with Crippen LogP contribution in [-0.4, -0.2) is 24.3 Å². The van der Waals surface area contributed by atoms with Crippen molar-refractivity contribution in [2.45, 2.75) is 25.3 Å². The van der Waals surface area contributed by atoms with E-state index in [-0.39, 0.29) is 22.9 Å². The standard InChI is InChI=1S/C26H24N4O3S/c1-18-8-13-23(34(32,33)28-17-20-6-4-3-5-7-20)16-24(18)26(31)30-22-11-9-21(10-12-22)25-14-15-27-19(2)29-25/h3-16,28H,17H2,1-2H3,(H,30,31). The van der Waals surface area contributed by atoms with Gasteiger partial charge < -0.3 is 5.32 Å². The first-order chi connectivity index (χ1) is 16.3. The van der Waals surface area contributed by atoms with Crippen LogP contribution < -0.4 is 10.0 Å². The predicted molar refractivity (Wildman–Crippen MR) is 132 cm³/mol. The van der Waals surface area contributed by atoms with Gasteiger partial charge in [-0.2, -0.15) is 0 Å². The summed E-state index contributed by atoms with van der Waals surface area (Å²) in [5, 5.41) is 2.84. The van der Waals surface area contributed by atoms with Gasteiger partial charge >= 0.3 is 0 Å². The maximum atomic E-state index is 12.9. The number of benzene rings is 3. The quantitative estimate of drug-likeness (QED) is 0.413. The van der Waals surface area contributed by atoms with Crippen LogP contribution >= 0.6 is 0 Å². The first-order valence-electron chi connectivity index (χ1n) is 10.7. The summed E-state index contributed by atoms with van der Waals surface area (Å²) in [6, 6.07) is 22.9. The van der Waals surface area contributed by atoms with Gasteiger partial charge in [0.2, 0.25) is 10.0 Å². The highest BCUT2D eigenvalue weighted by Crippen LogP contribution is 2.21. The molecule has 0 spiro atoms. The zero-order valence-corrected chi connectivity index (χ0v) is 19.6. The molecule has 0 aliphatic carbocycles. The van der Waals surface area contributed by atoms with Crippen LogP contribution in [0.1, 0.15) is 27.3 Å². The minimum atomic E-state index is -3.79. The van der Waals surface area contributed by atoms with Crippen molar-refractivity contribution in [1.29, 1.82) is 0 Å². The molecule has 0 fully saturated rings. The van der Waals surface area contributed by atoms with E-state index in [1.54, 1.807) is 31.3 Å². The van der Waals surface area contributed by atoms with E-state index in [2.05, 4.69) is 20.0 Å². The number of rotatable bonds is 7. The van der Waals surface area contributed by atoms with Crippen molar-refractivity contribution in [3.8, 4) is 11.3 Å². The molecule has 8 heteroatoms. The highest BCUT2D eigenvalue weighted by molar-refractivity contribution is 7.89. The fraction of sp³-hybridized carbons (Fsp3) is 0.115. The van der Waals surface area contributed by atoms with E-state index in [9.17, 15) is 13.2 Å². The second kappa shape index (κ2) is 9.94. The van der Waals surface area contributed by atoms with E-state index >= 15 is 0 Å². The summed E-state index contributed by atoms with van der Waals surface area (Å²) < 4.78 is 28.2. The number of nitrogens with zero attached hydrogens (tertiary/aromatic N) is 2. The van der Waals surface area contributed by atoms with Crippen molar-refractivity contribution in [3.05, 3.63) is 108 Å². The lowest BCUT2D eigenvalue weighted by Crippen LogP contribution is -2.24. The van der Waals surface area contributed by atoms with Gasteiger partial charge in [-0.15, -0.1) is 0 Å². The molecule has 0 bridgehead atoms. The molecule has 0 saturated heterocycles. The third-order valence-electron chi connectivity index (χ3n) is 5.29. The Kier molecular flexibility index (Phi) is 6.81. The van der Waals surface area contributed by atoms with Crippen molar-refractivity contribution >= 4 is 21.6 Å². The zero-order valence-electron chi connectivity index (χ0n) is 18.8. The molecule has 0 aliphatic rings. The average Bonchev–Trinajstić information content (AvgIpc) is 2.84. The maximum absolute atomic E-state index is 12.9. The van der Waals surface area contributed by atoms with Gasteiger partial charge in [0.1, 0.15) is 5.82 Å². The van der Waals surface area contributed by atoms with E-state index in [0.717, 1.165) is 16.8 Å². The van der Waals surface area contributed by atoms with E-state index in [0.29, 0.717) is 17.1 Å². The van der Waals surface area contributed by atoms with Crippen LogP contribution in [0, 0.1) is 13.8 Å². The fourth-order valence-corrected chi connectivity index (χ4v) is 4.45. The Morgan fingerprint density at radius 1 is 0.912 bits per heavy atom. The van der Waals surface area contributed by atoms with Crippen LogP contribution in [0.3, 0.4) is 0 Å². The van der Waals surface area contributed by atoms with Crippen molar-refractivity contribution in [2.24, 2.45) is 0 Å². The topological polar surface area (TPSA) is 101 Å². The molecule has 1 aromatic heterocycles. The van der Waals surface area contributed by atoms with Crippen molar-refractivity contribution in [1.82, 2.24) is 14.7 Å². The zero-order chi connectivity index (χ0) is 24.1. The molecule has 0 radical (unpaired) electrons. The molecule has 1 heterocycles. The summed E-state index contributed by atoms with van der Waals surface area (Å²) in [6.07, 6.45) is 1.70. The molecular formula is C26H24N4O3S. The number of hydrogen-bond donors (Lipinski definition) is 2. The van der Waals surface area contributed by atoms with E-state index in [4.69, 9.17) is 0 Å². The smallest absolute Gasteiger partial charge is 0.255 e. The number of nitrogens with one attached hydrogen (secondary N) is 2. The van der Waals surface area contributed by atoms with E-state index in [1.165, 1.54) is 12.1 Å². The van der Waals surface area contributed by atoms with Crippen LogP contribution in [0.15, 0.2) is 90.0 Å². The molecule has 4 rings (SSSR count). The van der Waals surface area contributed by atoms with Crippen LogP contribution in [-0.2, 0) is 16.6 Å². The van der Waals surface area contributed by atoms with Gasteiger partial charge in [0, 0.05) is 29.6 Å². The Labute approximate surface area is 199 Å². The third kappa shape index (κ3) is 5.54. The van der Waals surface area contributed by atoms with Gasteiger partial charge in [0.05, 0.1) is 10.6 Å². The molecule has 7 nitrogen and oxygen atoms in total. The second-order valence-corrected chi connectivity index (χ2v) is 9.57. The average molecular weight is 473 g/mol. The molecule has 0 aliphatic heterocycles. The van der Waals surface area contributed by atoms with Crippen LogP contribution in [0.5, 0.6) is 0 Å². The highest BCUT2D eigenvalue weighted by Gasteiger charge is 2.18. The van der Waals surface area contributed by atoms with Crippen molar-refractivity contribution in [2.75, 3.05) is 5.32 Å². The Morgan fingerprint density at radius 3 is 2.35 bits per heavy atom. The number of aryl methyl sites for hydroxylation is 2. The first kappa shape index (κ1) is 23.3. The molecule has 2 N–H and O–H groups in total. The number of carbonyl (C=O) groups excluding carboxylic acids is 1. The summed E-state index contributed by atoms with van der Waals surface area (Å²) >= 11 is 0. The number of carbonyl (C=O) groups is 1. The molecular weight excluding hydrogens is 448 g/mol. The molecule has 0 unspecified atom stereocenters. The number of hydrogen-bond acceptors (Lipinski definition) is 5. The summed E-state index contributed by atoms with van der Waals surface area (Å²) in [5.41, 5.74) is 4.09. The third-order valence-corrected chi connectivity index (χ3v) is 6.69. The molecule has 0 atom stereocenters. The summed E-state index contributed by atoms with van der Waals surface area (Å²) in [6.45, 7) is 3.76. The van der Waals surface area contributed by atoms with Gasteiger partial charge in [0.15, 0.2) is 0 Å². The Bertz CT molecular complexity index is 1420. The van der Waals surface area contributed by atoms with Gasteiger partial charge in [-0.1, -0.05) is 48.5 Å². The van der Waals surface area contributed by atoms with Gasteiger partial charge in [-0.25, -0.2) is 23.1 Å². The Hall–Kier alpha value is -3.88. The number of aromatic nitrogens is 2. The molecule has 1 amide bonds. The summed E-state index contributed by atoms with van der Waals surface area (Å²) in [4.78, 5) is 21.5. The molecule has 3 aromatic carbocycles. The van der Waals surface area contributed by atoms with Gasteiger partial charge in [0.25, 0.3) is 5.91 Å². The molecule has 172 valence electrons. The normalized spacial score (nSPS) is 11.2. The fourth-order valence-electron chi connectivity index (χ4n) is 3.41. The summed E-state index contributed by atoms with van der Waals surface area (Å²) in [7, 11) is -3.79.